The highest BCUT2D eigenvalue weighted by Gasteiger charge is 1.93. The van der Waals surface area contributed by atoms with Crippen LogP contribution in [0.15, 0.2) is 21.6 Å². The number of rotatable bonds is 3. The maximum absolute atomic E-state index is 4.75. The van der Waals surface area contributed by atoms with E-state index in [1.54, 1.807) is 5.54 Å². The van der Waals surface area contributed by atoms with Crippen molar-refractivity contribution in [3.05, 3.63) is 21.6 Å². The van der Waals surface area contributed by atoms with Crippen molar-refractivity contribution in [2.75, 3.05) is 0 Å². The fourth-order valence-electron chi connectivity index (χ4n) is 0.795. The van der Waals surface area contributed by atoms with E-state index in [9.17, 15) is 0 Å². The zero-order valence-corrected chi connectivity index (χ0v) is 8.91. The van der Waals surface area contributed by atoms with E-state index in [0.717, 1.165) is 12.8 Å². The van der Waals surface area contributed by atoms with Gasteiger partial charge >= 0.3 is 0 Å². The Labute approximate surface area is 76.4 Å². The summed E-state index contributed by atoms with van der Waals surface area (Å²) in [5, 5.41) is 0. The number of hydrogen-bond acceptors (Lipinski definition) is 0. The van der Waals surface area contributed by atoms with Gasteiger partial charge in [-0.1, -0.05) is 25.8 Å². The summed E-state index contributed by atoms with van der Waals surface area (Å²) < 4.78 is 1.48. The predicted molar refractivity (Wildman–Crippen MR) is 45.3 cm³/mol. The summed E-state index contributed by atoms with van der Waals surface area (Å²) in [4.78, 5) is 0. The Bertz CT molecular complexity index is 147. The maximum Gasteiger partial charge on any atom is 0.216 e. The third-order valence-corrected chi connectivity index (χ3v) is 2.62. The molecule has 0 aromatic heterocycles. The van der Waals surface area contributed by atoms with E-state index in [4.69, 9.17) is 11.6 Å². The summed E-state index contributed by atoms with van der Waals surface area (Å²) in [5.74, 6) is 0. The number of hydrogen-bond donors (Lipinski definition) is 0. The van der Waals surface area contributed by atoms with Gasteiger partial charge in [0, 0.05) is 0 Å². The van der Waals surface area contributed by atoms with E-state index in [2.05, 4.69) is 13.8 Å². The first-order valence-corrected chi connectivity index (χ1v) is 4.76. The van der Waals surface area contributed by atoms with Crippen LogP contribution in [-0.4, -0.2) is 16.3 Å². The first kappa shape index (κ1) is 10.3. The van der Waals surface area contributed by atoms with Crippen molar-refractivity contribution in [3.8, 4) is 0 Å². The van der Waals surface area contributed by atoms with Gasteiger partial charge in [-0.3, -0.25) is 0 Å². The Morgan fingerprint density at radius 1 is 1.40 bits per heavy atom. The lowest BCUT2D eigenvalue weighted by molar-refractivity contribution is -0.274. The largest absolute Gasteiger partial charge is 0.216 e. The van der Waals surface area contributed by atoms with Crippen molar-refractivity contribution in [3.63, 3.8) is 0 Å². The highest BCUT2D eigenvalue weighted by atomic mass is 35.5. The average molecular weight is 173 g/mol. The van der Waals surface area contributed by atoms with Crippen LogP contribution in [0, 0.1) is 11.6 Å². The smallest absolute Gasteiger partial charge is 0.146 e. The molecule has 0 amide bonds. The zero-order chi connectivity index (χ0) is 7.98. The molecule has 0 N–H and O–H groups in total. The molecule has 0 fully saturated rings. The van der Waals surface area contributed by atoms with Gasteiger partial charge in [-0.15, -0.1) is 4.44 Å². The standard InChI is InChI=1S/C8H13Cl.Al.H/c1-3-5-8(4-2)6-7-9;;/h6-7,9H,3-4H2,1-2H3;;/q+1;;. The molecule has 0 aliphatic heterocycles. The molecule has 0 bridgehead atoms. The molecule has 0 atom stereocenters. The van der Waals surface area contributed by atoms with Crippen LogP contribution in [0.2, 0.25) is 0 Å². The molecular formula is C8H14AlCl+. The minimum absolute atomic E-state index is 1.10. The summed E-state index contributed by atoms with van der Waals surface area (Å²) in [7, 11) is 0. The van der Waals surface area contributed by atoms with E-state index in [0.29, 0.717) is 0 Å². The van der Waals surface area contributed by atoms with Crippen LogP contribution in [0.25, 0.3) is 0 Å². The van der Waals surface area contributed by atoms with Crippen LogP contribution in [-0.2, 0) is 0 Å². The zero-order valence-electron chi connectivity index (χ0n) is 6.68. The molecule has 0 rings (SSSR count). The minimum atomic E-state index is 1.10. The van der Waals surface area contributed by atoms with Gasteiger partial charge in [-0.2, -0.15) is 0 Å². The van der Waals surface area contributed by atoms with Gasteiger partial charge in [-0.25, -0.2) is 0 Å². The van der Waals surface area contributed by atoms with Crippen LogP contribution >= 0.6 is 0 Å². The first-order valence-electron chi connectivity index (χ1n) is 3.58. The first-order chi connectivity index (χ1) is 4.76. The van der Waals surface area contributed by atoms with Gasteiger partial charge < -0.3 is 0 Å². The van der Waals surface area contributed by atoms with Crippen LogP contribution in [0.3, 0.4) is 0 Å². The Balaban J connectivity index is 4.29. The fourth-order valence-corrected chi connectivity index (χ4v) is 1.33. The van der Waals surface area contributed by atoms with Crippen LogP contribution in [0.4, 0.5) is 0 Å². The molecule has 0 spiro atoms. The van der Waals surface area contributed by atoms with E-state index >= 15 is 0 Å². The second-order valence-electron chi connectivity index (χ2n) is 2.14. The molecule has 0 aromatic carbocycles. The van der Waals surface area contributed by atoms with Crippen LogP contribution in [0.1, 0.15) is 26.7 Å². The van der Waals surface area contributed by atoms with Gasteiger partial charge in [0.1, 0.15) is 11.6 Å². The molecule has 0 saturated carbocycles. The molecule has 0 aliphatic rings. The Hall–Kier alpha value is 0.302. The summed E-state index contributed by atoms with van der Waals surface area (Å²) in [6, 6.07) is 0. The molecule has 1 radical (unpaired) electrons. The number of allylic oxidation sites excluding steroid dienone is 3. The highest BCUT2D eigenvalue weighted by molar-refractivity contribution is 6.22. The summed E-state index contributed by atoms with van der Waals surface area (Å²) in [5.41, 5.74) is 3.10. The van der Waals surface area contributed by atoms with Crippen molar-refractivity contribution in [1.82, 2.24) is 0 Å². The molecule has 0 aromatic rings. The van der Waals surface area contributed by atoms with E-state index in [1.807, 2.05) is 22.4 Å². The predicted octanol–water partition coefficient (Wildman–Crippen LogP) is 1.76. The van der Waals surface area contributed by atoms with Crippen molar-refractivity contribution >= 4 is 16.3 Å². The minimum Gasteiger partial charge on any atom is -0.146 e. The van der Waals surface area contributed by atoms with E-state index in [-0.39, 0.29) is 0 Å². The summed E-state index contributed by atoms with van der Waals surface area (Å²) >= 11 is 6.71. The molecular weight excluding hydrogens is 159 g/mol. The topological polar surface area (TPSA) is 0 Å². The Kier molecular flexibility index (Phi) is 6.22. The second kappa shape index (κ2) is 6.04. The molecule has 0 saturated heterocycles. The second-order valence-corrected chi connectivity index (χ2v) is 3.26. The fraction of sp³-hybridized carbons (Fsp3) is 0.500. The van der Waals surface area contributed by atoms with E-state index in [1.165, 1.54) is 10.0 Å². The molecule has 55 valence electrons. The molecule has 0 unspecified atom stereocenters. The van der Waals surface area contributed by atoms with Crippen molar-refractivity contribution in [2.45, 2.75) is 26.7 Å². The quantitative estimate of drug-likeness (QED) is 0.450. The normalized spacial score (nSPS) is 13.9. The lowest BCUT2D eigenvalue weighted by Crippen LogP contribution is -1.86. The van der Waals surface area contributed by atoms with Gasteiger partial charge in [0.15, 0.2) is 5.54 Å². The number of halogens is 1. The van der Waals surface area contributed by atoms with Crippen molar-refractivity contribution < 1.29 is 11.6 Å². The Morgan fingerprint density at radius 2 is 2.00 bits per heavy atom. The third-order valence-electron chi connectivity index (χ3n) is 1.53. The molecule has 10 heavy (non-hydrogen) atoms. The molecule has 0 heterocycles. The molecule has 0 nitrogen and oxygen atoms in total. The van der Waals surface area contributed by atoms with Gasteiger partial charge in [0.25, 0.3) is 0 Å². The SMILES string of the molecule is CC[C]([AlH])=C(C=C[ClH+])CC. The average Bonchev–Trinajstić information content (AvgIpc) is 1.99. The third kappa shape index (κ3) is 3.47. The monoisotopic (exact) mass is 172 g/mol. The highest BCUT2D eigenvalue weighted by Crippen LogP contribution is 2.09. The van der Waals surface area contributed by atoms with Crippen LogP contribution in [0.5, 0.6) is 0 Å². The lowest BCUT2D eigenvalue weighted by atomic mass is 10.2. The van der Waals surface area contributed by atoms with Gasteiger partial charge in [-0.05, 0) is 12.5 Å². The van der Waals surface area contributed by atoms with Crippen molar-refractivity contribution in [2.24, 2.45) is 0 Å². The summed E-state index contributed by atoms with van der Waals surface area (Å²) in [6.07, 6.45) is 4.27. The van der Waals surface area contributed by atoms with Gasteiger partial charge in [0.05, 0.1) is 0 Å². The summed E-state index contributed by atoms with van der Waals surface area (Å²) in [6.45, 7) is 4.34. The van der Waals surface area contributed by atoms with E-state index < -0.39 is 0 Å². The molecule has 0 aliphatic carbocycles. The maximum atomic E-state index is 4.75. The van der Waals surface area contributed by atoms with Gasteiger partial charge in [0.2, 0.25) is 16.3 Å². The Morgan fingerprint density at radius 3 is 2.30 bits per heavy atom. The lowest BCUT2D eigenvalue weighted by Gasteiger charge is -2.01. The van der Waals surface area contributed by atoms with Crippen molar-refractivity contribution in [1.29, 1.82) is 0 Å². The van der Waals surface area contributed by atoms with Crippen LogP contribution < -0.4 is 0 Å². The molecule has 2 heteroatoms.